The fraction of sp³-hybridized carbons (Fsp3) is 0.182. The first kappa shape index (κ1) is 11.6. The number of hydrogen-bond donors (Lipinski definition) is 0. The van der Waals surface area contributed by atoms with Crippen LogP contribution in [0.4, 0.5) is 17.6 Å². The molecule has 0 aliphatic carbocycles. The van der Waals surface area contributed by atoms with Crippen molar-refractivity contribution in [1.29, 1.82) is 0 Å². The van der Waals surface area contributed by atoms with Gasteiger partial charge in [0.1, 0.15) is 6.61 Å². The van der Waals surface area contributed by atoms with Gasteiger partial charge in [-0.1, -0.05) is 0 Å². The van der Waals surface area contributed by atoms with Gasteiger partial charge < -0.3 is 4.74 Å². The van der Waals surface area contributed by atoms with Crippen LogP contribution in [0.5, 0.6) is 5.75 Å². The second-order valence-electron chi connectivity index (χ2n) is 3.41. The van der Waals surface area contributed by atoms with Crippen LogP contribution in [0, 0.1) is 5.82 Å². The van der Waals surface area contributed by atoms with Gasteiger partial charge in [-0.25, -0.2) is 4.39 Å². The fourth-order valence-electron chi connectivity index (χ4n) is 1.21. The molecule has 17 heavy (non-hydrogen) atoms. The summed E-state index contributed by atoms with van der Waals surface area (Å²) in [5.41, 5.74) is -0.281. The van der Waals surface area contributed by atoms with Crippen molar-refractivity contribution in [1.82, 2.24) is 0 Å². The molecular formula is C11H7F4NO. The second kappa shape index (κ2) is 4.20. The molecule has 1 aromatic rings. The molecule has 0 N–H and O–H groups in total. The first-order valence-electron chi connectivity index (χ1n) is 4.68. The van der Waals surface area contributed by atoms with Gasteiger partial charge in [-0.2, -0.15) is 13.2 Å². The van der Waals surface area contributed by atoms with Crippen LogP contribution in [0.3, 0.4) is 0 Å². The van der Waals surface area contributed by atoms with Crippen LogP contribution in [0.15, 0.2) is 35.0 Å². The van der Waals surface area contributed by atoms with Crippen LogP contribution in [0.1, 0.15) is 5.56 Å². The zero-order valence-corrected chi connectivity index (χ0v) is 8.46. The number of alkyl halides is 3. The normalized spacial score (nSPS) is 14.2. The molecule has 6 heteroatoms. The predicted octanol–water partition coefficient (Wildman–Crippen LogP) is 3.19. The smallest absolute Gasteiger partial charge is 0.416 e. The standard InChI is InChI=1S/C11H7F4NO/c12-9-3-8(11(13,14)15)1-2-10(9)17-6-7-4-16-5-7/h1-5H,6H2. The Kier molecular flexibility index (Phi) is 2.87. The van der Waals surface area contributed by atoms with E-state index in [9.17, 15) is 17.6 Å². The minimum absolute atomic E-state index is 0.0891. The largest absolute Gasteiger partial charge is 0.486 e. The van der Waals surface area contributed by atoms with Gasteiger partial charge in [-0.15, -0.1) is 0 Å². The average molecular weight is 245 g/mol. The summed E-state index contributed by atoms with van der Waals surface area (Å²) in [6, 6.07) is 2.16. The van der Waals surface area contributed by atoms with Crippen molar-refractivity contribution >= 4 is 6.21 Å². The van der Waals surface area contributed by atoms with Crippen molar-refractivity contribution in [2.75, 3.05) is 6.61 Å². The van der Waals surface area contributed by atoms with Crippen LogP contribution in [0.25, 0.3) is 0 Å². The zero-order chi connectivity index (χ0) is 12.5. The van der Waals surface area contributed by atoms with E-state index in [0.29, 0.717) is 6.07 Å². The molecule has 1 aliphatic heterocycles. The Morgan fingerprint density at radius 3 is 2.41 bits per heavy atom. The topological polar surface area (TPSA) is 21.6 Å². The van der Waals surface area contributed by atoms with Crippen LogP contribution in [-0.2, 0) is 6.18 Å². The van der Waals surface area contributed by atoms with E-state index in [-0.39, 0.29) is 12.4 Å². The molecule has 0 saturated heterocycles. The molecule has 0 saturated carbocycles. The van der Waals surface area contributed by atoms with Gasteiger partial charge in [0.25, 0.3) is 0 Å². The lowest BCUT2D eigenvalue weighted by molar-refractivity contribution is -0.137. The lowest BCUT2D eigenvalue weighted by Gasteiger charge is -2.11. The van der Waals surface area contributed by atoms with Crippen molar-refractivity contribution in [3.63, 3.8) is 0 Å². The van der Waals surface area contributed by atoms with E-state index >= 15 is 0 Å². The fourth-order valence-corrected chi connectivity index (χ4v) is 1.21. The highest BCUT2D eigenvalue weighted by molar-refractivity contribution is 5.84. The second-order valence-corrected chi connectivity index (χ2v) is 3.41. The molecule has 1 aliphatic rings. The van der Waals surface area contributed by atoms with Crippen molar-refractivity contribution in [3.8, 4) is 5.75 Å². The number of hydrogen-bond acceptors (Lipinski definition) is 2. The average Bonchev–Trinajstić information content (AvgIpc) is 2.16. The molecule has 1 heterocycles. The SMILES string of the molecule is Fc1cc(C(F)(F)F)ccc1OCC1=CN=C1. The number of aliphatic imine (C=N–C) groups is 1. The van der Waals surface area contributed by atoms with Gasteiger partial charge >= 0.3 is 6.18 Å². The van der Waals surface area contributed by atoms with Crippen molar-refractivity contribution in [2.45, 2.75) is 6.18 Å². The molecular weight excluding hydrogens is 238 g/mol. The summed E-state index contributed by atoms with van der Waals surface area (Å²) < 4.78 is 55.0. The van der Waals surface area contributed by atoms with Crippen LogP contribution >= 0.6 is 0 Å². The summed E-state index contributed by atoms with van der Waals surface area (Å²) in [5, 5.41) is 0. The van der Waals surface area contributed by atoms with Gasteiger partial charge in [0, 0.05) is 18.0 Å². The van der Waals surface area contributed by atoms with Crippen LogP contribution in [-0.4, -0.2) is 12.8 Å². The Hall–Kier alpha value is -1.85. The summed E-state index contributed by atoms with van der Waals surface area (Å²) in [6.07, 6.45) is -1.49. The highest BCUT2D eigenvalue weighted by atomic mass is 19.4. The molecule has 0 radical (unpaired) electrons. The molecule has 2 rings (SSSR count). The third-order valence-corrected chi connectivity index (χ3v) is 2.13. The molecule has 0 aromatic heterocycles. The summed E-state index contributed by atoms with van der Waals surface area (Å²) in [4.78, 5) is 3.67. The quantitative estimate of drug-likeness (QED) is 0.749. The summed E-state index contributed by atoms with van der Waals surface area (Å²) in [7, 11) is 0. The molecule has 0 amide bonds. The van der Waals surface area contributed by atoms with E-state index in [4.69, 9.17) is 4.74 Å². The van der Waals surface area contributed by atoms with Gasteiger partial charge in [0.2, 0.25) is 0 Å². The minimum Gasteiger partial charge on any atom is -0.486 e. The Morgan fingerprint density at radius 1 is 1.24 bits per heavy atom. The summed E-state index contributed by atoms with van der Waals surface area (Å²) >= 11 is 0. The number of halogens is 4. The zero-order valence-electron chi connectivity index (χ0n) is 8.46. The number of nitrogens with zero attached hydrogens (tertiary/aromatic N) is 1. The van der Waals surface area contributed by atoms with E-state index in [2.05, 4.69) is 4.99 Å². The molecule has 0 unspecified atom stereocenters. The highest BCUT2D eigenvalue weighted by Gasteiger charge is 2.31. The number of benzene rings is 1. The van der Waals surface area contributed by atoms with E-state index in [1.165, 1.54) is 12.4 Å². The molecule has 0 bridgehead atoms. The first-order valence-corrected chi connectivity index (χ1v) is 4.68. The van der Waals surface area contributed by atoms with Gasteiger partial charge in [0.15, 0.2) is 11.6 Å². The van der Waals surface area contributed by atoms with Crippen molar-refractivity contribution in [3.05, 3.63) is 41.4 Å². The van der Waals surface area contributed by atoms with E-state index in [0.717, 1.165) is 17.7 Å². The molecule has 2 nitrogen and oxygen atoms in total. The van der Waals surface area contributed by atoms with Crippen LogP contribution in [0.2, 0.25) is 0 Å². The van der Waals surface area contributed by atoms with E-state index in [1.807, 2.05) is 0 Å². The molecule has 1 aromatic carbocycles. The maximum absolute atomic E-state index is 13.3. The van der Waals surface area contributed by atoms with Gasteiger partial charge in [-0.3, -0.25) is 4.99 Å². The van der Waals surface area contributed by atoms with E-state index in [1.54, 1.807) is 0 Å². The molecule has 0 atom stereocenters. The maximum Gasteiger partial charge on any atom is 0.416 e. The Labute approximate surface area is 94.2 Å². The van der Waals surface area contributed by atoms with Gasteiger partial charge in [0.05, 0.1) is 5.56 Å². The molecule has 90 valence electrons. The third-order valence-electron chi connectivity index (χ3n) is 2.13. The lowest BCUT2D eigenvalue weighted by atomic mass is 10.2. The van der Waals surface area contributed by atoms with Crippen molar-refractivity contribution < 1.29 is 22.3 Å². The number of rotatable bonds is 3. The first-order chi connectivity index (χ1) is 7.97. The Bertz CT molecular complexity index is 491. The third kappa shape index (κ3) is 2.64. The predicted molar refractivity (Wildman–Crippen MR) is 53.5 cm³/mol. The molecule has 0 fully saturated rings. The summed E-state index contributed by atoms with van der Waals surface area (Å²) in [5.74, 6) is -1.24. The maximum atomic E-state index is 13.3. The lowest BCUT2D eigenvalue weighted by Crippen LogP contribution is -2.09. The Morgan fingerprint density at radius 2 is 1.94 bits per heavy atom. The monoisotopic (exact) mass is 245 g/mol. The van der Waals surface area contributed by atoms with E-state index < -0.39 is 17.6 Å². The van der Waals surface area contributed by atoms with Gasteiger partial charge in [-0.05, 0) is 18.2 Å². The van der Waals surface area contributed by atoms with Crippen LogP contribution < -0.4 is 4.74 Å². The minimum atomic E-state index is -4.55. The Balaban J connectivity index is 2.08. The highest BCUT2D eigenvalue weighted by Crippen LogP contribution is 2.31. The molecule has 0 spiro atoms. The number of ether oxygens (including phenoxy) is 1. The van der Waals surface area contributed by atoms with Crippen molar-refractivity contribution in [2.24, 2.45) is 4.99 Å². The summed E-state index contributed by atoms with van der Waals surface area (Å²) in [6.45, 7) is 0.0891.